The third kappa shape index (κ3) is 24.3. The first-order chi connectivity index (χ1) is 16.5. The van der Waals surface area contributed by atoms with Crippen molar-refractivity contribution in [2.75, 3.05) is 40.3 Å². The van der Waals surface area contributed by atoms with Crippen LogP contribution >= 0.6 is 24.4 Å². The molecule has 0 aromatic heterocycles. The van der Waals surface area contributed by atoms with Gasteiger partial charge in [-0.3, -0.25) is 9.98 Å². The number of thiocarbonyl (C=S) groups is 2. The van der Waals surface area contributed by atoms with E-state index in [0.717, 1.165) is 39.0 Å². The van der Waals surface area contributed by atoms with Crippen molar-refractivity contribution < 1.29 is 37.3 Å². The van der Waals surface area contributed by atoms with Gasteiger partial charge in [0, 0.05) is 38.4 Å². The quantitative estimate of drug-likeness (QED) is 0.192. The van der Waals surface area contributed by atoms with Gasteiger partial charge in [-0.25, -0.2) is 0 Å². The normalized spacial score (nSPS) is 9.20. The van der Waals surface area contributed by atoms with E-state index in [-0.39, 0.29) is 28.0 Å². The van der Waals surface area contributed by atoms with Crippen molar-refractivity contribution >= 4 is 47.2 Å². The summed E-state index contributed by atoms with van der Waals surface area (Å²) in [5.41, 5.74) is 1.35. The first kappa shape index (κ1) is 37.0. The zero-order valence-electron chi connectivity index (χ0n) is 19.9. The molecular weight excluding hydrogens is 527 g/mol. The van der Waals surface area contributed by atoms with Gasteiger partial charge in [0.1, 0.15) is 0 Å². The molecule has 2 rings (SSSR count). The second-order valence-electron chi connectivity index (χ2n) is 6.43. The van der Waals surface area contributed by atoms with Crippen molar-refractivity contribution in [1.82, 2.24) is 0 Å². The molecule has 192 valence electrons. The van der Waals surface area contributed by atoms with Gasteiger partial charge in [-0.15, -0.1) is 11.5 Å². The number of benzene rings is 2. The first-order valence-corrected chi connectivity index (χ1v) is 11.4. The Morgan fingerprint density at radius 2 is 1.09 bits per heavy atom. The molecule has 2 aromatic carbocycles. The number of isothiocyanates is 2. The van der Waals surface area contributed by atoms with Gasteiger partial charge < -0.3 is 31.7 Å². The number of hydrogen-bond donors (Lipinski definition) is 2. The topological polar surface area (TPSA) is 149 Å². The van der Waals surface area contributed by atoms with Gasteiger partial charge in [-0.05, 0) is 11.1 Å². The summed E-state index contributed by atoms with van der Waals surface area (Å²) in [5.74, 6) is 0.0802. The van der Waals surface area contributed by atoms with E-state index in [2.05, 4.69) is 45.1 Å². The van der Waals surface area contributed by atoms with E-state index in [1.165, 1.54) is 10.3 Å². The molecule has 4 N–H and O–H groups in total. The van der Waals surface area contributed by atoms with Crippen molar-refractivity contribution in [3.63, 3.8) is 0 Å². The van der Waals surface area contributed by atoms with E-state index in [4.69, 9.17) is 10.8 Å². The van der Waals surface area contributed by atoms with Crippen LogP contribution in [0.1, 0.15) is 24.0 Å². The number of para-hydroxylation sites is 2. The summed E-state index contributed by atoms with van der Waals surface area (Å²) in [6.45, 7) is 3.74. The minimum atomic E-state index is 0. The van der Waals surface area contributed by atoms with Crippen molar-refractivity contribution in [3.05, 3.63) is 70.5 Å². The molecule has 0 saturated heterocycles. The van der Waals surface area contributed by atoms with Gasteiger partial charge in [-0.2, -0.15) is 10.3 Å². The Kier molecular flexibility index (Phi) is 31.1. The Morgan fingerprint density at radius 3 is 1.37 bits per heavy atom. The van der Waals surface area contributed by atoms with Crippen molar-refractivity contribution in [1.29, 1.82) is 0 Å². The Morgan fingerprint density at radius 1 is 0.771 bits per heavy atom. The second-order valence-corrected chi connectivity index (χ2v) is 6.79. The fraction of sp³-hybridized carbons (Fsp3) is 0.333. The third-order valence-electron chi connectivity index (χ3n) is 3.86. The van der Waals surface area contributed by atoms with Crippen LogP contribution in [0.15, 0.2) is 58.5 Å². The number of aliphatic imine (C=N–C) groups is 2. The number of nitrogens with two attached hydrogens (primary N) is 2. The van der Waals surface area contributed by atoms with Crippen LogP contribution in [-0.2, 0) is 16.5 Å². The van der Waals surface area contributed by atoms with Gasteiger partial charge in [0.05, 0.1) is 27.2 Å². The Bertz CT molecular complexity index is 828. The van der Waals surface area contributed by atoms with Crippen LogP contribution in [-0.4, -0.2) is 63.0 Å². The molecular formula is C24H32N6NiO2S2. The molecule has 11 heteroatoms. The Hall–Kier alpha value is -2.61. The van der Waals surface area contributed by atoms with Crippen LogP contribution in [0, 0.1) is 0 Å². The van der Waals surface area contributed by atoms with Crippen LogP contribution in [0.2, 0.25) is 0 Å². The molecule has 0 radical (unpaired) electrons. The van der Waals surface area contributed by atoms with Crippen molar-refractivity contribution in [2.45, 2.75) is 12.8 Å². The molecule has 8 nitrogen and oxygen atoms in total. The molecule has 0 atom stereocenters. The average molecular weight is 559 g/mol. The van der Waals surface area contributed by atoms with Crippen LogP contribution in [0.25, 0.3) is 10.8 Å². The first-order valence-electron chi connectivity index (χ1n) is 10.6. The number of hydrogen-bond acceptors (Lipinski definition) is 6. The monoisotopic (exact) mass is 558 g/mol. The minimum absolute atomic E-state index is 0. The maximum absolute atomic E-state index is 11.2. The smallest absolute Gasteiger partial charge is 0.872 e. The third-order valence-corrected chi connectivity index (χ3v) is 3.86. The summed E-state index contributed by atoms with van der Waals surface area (Å²) >= 11 is 7.40. The van der Waals surface area contributed by atoms with E-state index in [1.807, 2.05) is 26.2 Å². The average Bonchev–Trinajstić information content (AvgIpc) is 2.83. The molecule has 0 amide bonds. The minimum Gasteiger partial charge on any atom is -0.872 e. The van der Waals surface area contributed by atoms with Gasteiger partial charge in [0.25, 0.3) is 0 Å². The van der Waals surface area contributed by atoms with E-state index in [9.17, 15) is 10.2 Å². The van der Waals surface area contributed by atoms with Crippen LogP contribution in [0.5, 0.6) is 11.5 Å². The van der Waals surface area contributed by atoms with Crippen LogP contribution in [0.4, 0.5) is 0 Å². The zero-order valence-corrected chi connectivity index (χ0v) is 22.5. The van der Waals surface area contributed by atoms with E-state index >= 15 is 0 Å². The van der Waals surface area contributed by atoms with Crippen LogP contribution in [0.3, 0.4) is 0 Å². The molecule has 0 aliphatic heterocycles. The number of quaternary nitrogens is 2. The largest absolute Gasteiger partial charge is 2.00 e. The summed E-state index contributed by atoms with van der Waals surface area (Å²) in [7, 11) is 4.08. The second kappa shape index (κ2) is 29.4. The SMILES string of the molecule is C[NH2+]CCCN=Cc1ccccc1[O-].C[NH2+]CCCN=Cc1ccccc1[O-].[N-]=C=S.[N-]=C=S.[Ni+2]. The Balaban J connectivity index is -0.000000467. The number of rotatable bonds is 10. The van der Waals surface area contributed by atoms with Gasteiger partial charge in [-0.1, -0.05) is 73.0 Å². The summed E-state index contributed by atoms with van der Waals surface area (Å²) in [6.07, 6.45) is 5.43. The van der Waals surface area contributed by atoms with Gasteiger partial charge in [0.2, 0.25) is 0 Å². The zero-order chi connectivity index (χ0) is 25.9. The molecule has 0 fully saturated rings. The molecule has 0 unspecified atom stereocenters. The summed E-state index contributed by atoms with van der Waals surface area (Å²) < 4.78 is 0. The molecule has 0 heterocycles. The fourth-order valence-electron chi connectivity index (χ4n) is 2.27. The molecule has 2 aromatic rings. The molecule has 0 aliphatic carbocycles. The van der Waals surface area contributed by atoms with E-state index < -0.39 is 0 Å². The summed E-state index contributed by atoms with van der Waals surface area (Å²) in [6, 6.07) is 13.9. The maximum Gasteiger partial charge on any atom is 2.00 e. The van der Waals surface area contributed by atoms with Crippen LogP contribution < -0.4 is 20.8 Å². The predicted octanol–water partition coefficient (Wildman–Crippen LogP) is 0.840. The Labute approximate surface area is 228 Å². The van der Waals surface area contributed by atoms with Crippen molar-refractivity contribution in [3.8, 4) is 11.5 Å². The number of nitrogens with zero attached hydrogens (tertiary/aromatic N) is 4. The maximum atomic E-state index is 11.2. The van der Waals surface area contributed by atoms with Crippen molar-refractivity contribution in [2.24, 2.45) is 9.98 Å². The summed E-state index contributed by atoms with van der Waals surface area (Å²) in [5, 5.41) is 43.7. The molecule has 35 heavy (non-hydrogen) atoms. The van der Waals surface area contributed by atoms with Gasteiger partial charge in [0.15, 0.2) is 0 Å². The molecule has 0 spiro atoms. The van der Waals surface area contributed by atoms with Gasteiger partial charge >= 0.3 is 16.5 Å². The molecule has 0 bridgehead atoms. The molecule has 0 saturated carbocycles. The van der Waals surface area contributed by atoms with E-state index in [0.29, 0.717) is 11.1 Å². The molecule has 0 aliphatic rings. The summed E-state index contributed by atoms with van der Waals surface area (Å²) in [4.78, 5) is 8.39. The predicted molar refractivity (Wildman–Crippen MR) is 143 cm³/mol. The fourth-order valence-corrected chi connectivity index (χ4v) is 2.27. The van der Waals surface area contributed by atoms with E-state index in [1.54, 1.807) is 48.8 Å². The standard InChI is InChI=1S/2C11H16N2O.2CNS.Ni/c2*1-12-7-4-8-13-9-10-5-2-3-6-11(10)14;2*2-1-3;/h2*2-3,5-6,9,12,14H,4,7-8H2,1H3;;;/q;;2*-1;+2.